The van der Waals surface area contributed by atoms with Gasteiger partial charge >= 0.3 is 6.09 Å². The van der Waals surface area contributed by atoms with Crippen molar-refractivity contribution in [2.75, 3.05) is 20.6 Å². The summed E-state index contributed by atoms with van der Waals surface area (Å²) in [4.78, 5) is 13.1. The third-order valence-electron chi connectivity index (χ3n) is 1.87. The van der Waals surface area contributed by atoms with E-state index in [4.69, 9.17) is 9.94 Å². The molecule has 0 saturated carbocycles. The second-order valence-corrected chi connectivity index (χ2v) is 4.78. The zero-order chi connectivity index (χ0) is 12.2. The molecule has 0 aromatic heterocycles. The van der Waals surface area contributed by atoms with E-state index in [0.29, 0.717) is 6.54 Å². The fourth-order valence-electron chi connectivity index (χ4n) is 1.02. The third-order valence-corrected chi connectivity index (χ3v) is 1.87. The normalized spacial score (nSPS) is 13.9. The van der Waals surface area contributed by atoms with Crippen LogP contribution in [0.5, 0.6) is 0 Å². The van der Waals surface area contributed by atoms with E-state index in [1.165, 1.54) is 4.90 Å². The minimum Gasteiger partial charge on any atom is -0.444 e. The van der Waals surface area contributed by atoms with Crippen LogP contribution in [-0.2, 0) is 4.74 Å². The van der Waals surface area contributed by atoms with Gasteiger partial charge in [-0.1, -0.05) is 0 Å². The Hall–Kier alpha value is -0.810. The lowest BCUT2D eigenvalue weighted by molar-refractivity contribution is -0.0786. The quantitative estimate of drug-likeness (QED) is 0.730. The molecule has 1 N–H and O–H groups in total. The monoisotopic (exact) mass is 218 g/mol. The van der Waals surface area contributed by atoms with E-state index in [1.54, 1.807) is 14.1 Å². The van der Waals surface area contributed by atoms with Gasteiger partial charge in [-0.2, -0.15) is 5.06 Å². The first-order chi connectivity index (χ1) is 6.63. The maximum atomic E-state index is 11.6. The van der Waals surface area contributed by atoms with Crippen molar-refractivity contribution in [3.8, 4) is 0 Å². The Morgan fingerprint density at radius 1 is 1.40 bits per heavy atom. The number of carbonyl (C=O) groups is 1. The fourth-order valence-corrected chi connectivity index (χ4v) is 1.02. The van der Waals surface area contributed by atoms with Crippen molar-refractivity contribution < 1.29 is 14.7 Å². The van der Waals surface area contributed by atoms with Gasteiger partial charge in [0.15, 0.2) is 0 Å². The van der Waals surface area contributed by atoms with Gasteiger partial charge in [0.05, 0.1) is 0 Å². The molecule has 0 saturated heterocycles. The van der Waals surface area contributed by atoms with Gasteiger partial charge in [-0.3, -0.25) is 0 Å². The minimum absolute atomic E-state index is 0.102. The fraction of sp³-hybridized carbons (Fsp3) is 0.900. The zero-order valence-corrected chi connectivity index (χ0v) is 10.4. The van der Waals surface area contributed by atoms with Gasteiger partial charge in [0.2, 0.25) is 0 Å². The van der Waals surface area contributed by atoms with Crippen LogP contribution in [0, 0.1) is 0 Å². The minimum atomic E-state index is -0.490. The molecular weight excluding hydrogens is 196 g/mol. The lowest BCUT2D eigenvalue weighted by Crippen LogP contribution is -2.43. The molecule has 0 aliphatic carbocycles. The summed E-state index contributed by atoms with van der Waals surface area (Å²) in [6.45, 7) is 7.69. The molecular formula is C10H22N2O3. The van der Waals surface area contributed by atoms with Crippen LogP contribution in [0.3, 0.4) is 0 Å². The smallest absolute Gasteiger partial charge is 0.410 e. The molecule has 0 aromatic carbocycles. The molecule has 0 spiro atoms. The molecule has 0 heterocycles. The lowest BCUT2D eigenvalue weighted by atomic mass is 10.2. The molecule has 0 bridgehead atoms. The number of rotatable bonds is 3. The highest BCUT2D eigenvalue weighted by Gasteiger charge is 2.23. The molecule has 1 amide bonds. The van der Waals surface area contributed by atoms with Crippen molar-refractivity contribution in [1.29, 1.82) is 0 Å². The summed E-state index contributed by atoms with van der Waals surface area (Å²) in [5, 5.41) is 10.1. The van der Waals surface area contributed by atoms with Crippen molar-refractivity contribution in [1.82, 2.24) is 9.96 Å². The van der Waals surface area contributed by atoms with Crippen molar-refractivity contribution >= 4 is 6.09 Å². The summed E-state index contributed by atoms with van der Waals surface area (Å²) < 4.78 is 5.19. The number of hydrogen-bond donors (Lipinski definition) is 1. The number of amides is 1. The first-order valence-electron chi connectivity index (χ1n) is 4.99. The highest BCUT2D eigenvalue weighted by molar-refractivity contribution is 5.68. The van der Waals surface area contributed by atoms with E-state index in [2.05, 4.69) is 0 Å². The summed E-state index contributed by atoms with van der Waals surface area (Å²) >= 11 is 0. The first kappa shape index (κ1) is 14.2. The number of carbonyl (C=O) groups excluding carboxylic acids is 1. The number of hydroxylamine groups is 2. The molecule has 90 valence electrons. The largest absolute Gasteiger partial charge is 0.444 e. The van der Waals surface area contributed by atoms with Crippen LogP contribution in [0.4, 0.5) is 4.79 Å². The van der Waals surface area contributed by atoms with Gasteiger partial charge in [-0.15, -0.1) is 0 Å². The molecule has 0 rings (SSSR count). The Kier molecular flexibility index (Phi) is 5.03. The molecule has 1 atom stereocenters. The van der Waals surface area contributed by atoms with Crippen LogP contribution in [0.2, 0.25) is 0 Å². The van der Waals surface area contributed by atoms with Gasteiger partial charge in [0.1, 0.15) is 5.60 Å². The Morgan fingerprint density at radius 3 is 2.20 bits per heavy atom. The van der Waals surface area contributed by atoms with Gasteiger partial charge in [0.25, 0.3) is 0 Å². The van der Waals surface area contributed by atoms with E-state index in [1.807, 2.05) is 27.7 Å². The third kappa shape index (κ3) is 6.30. The van der Waals surface area contributed by atoms with Crippen LogP contribution in [0.15, 0.2) is 0 Å². The van der Waals surface area contributed by atoms with Gasteiger partial charge < -0.3 is 14.8 Å². The molecule has 5 nitrogen and oxygen atoms in total. The Labute approximate surface area is 91.6 Å². The first-order valence-corrected chi connectivity index (χ1v) is 4.99. The van der Waals surface area contributed by atoms with Crippen molar-refractivity contribution in [3.05, 3.63) is 0 Å². The van der Waals surface area contributed by atoms with Crippen LogP contribution < -0.4 is 0 Å². The van der Waals surface area contributed by atoms with Crippen LogP contribution in [-0.4, -0.2) is 53.5 Å². The van der Waals surface area contributed by atoms with E-state index in [-0.39, 0.29) is 12.1 Å². The van der Waals surface area contributed by atoms with Gasteiger partial charge in [0, 0.05) is 26.7 Å². The van der Waals surface area contributed by atoms with Gasteiger partial charge in [-0.05, 0) is 27.7 Å². The van der Waals surface area contributed by atoms with E-state index in [9.17, 15) is 4.79 Å². The SMILES string of the molecule is CC(CN(C)O)N(C)C(=O)OC(C)(C)C. The maximum absolute atomic E-state index is 11.6. The van der Waals surface area contributed by atoms with E-state index in [0.717, 1.165) is 5.06 Å². The summed E-state index contributed by atoms with van der Waals surface area (Å²) in [7, 11) is 3.20. The number of likely N-dealkylation sites (N-methyl/N-ethyl adjacent to an activating group) is 2. The topological polar surface area (TPSA) is 53.0 Å². The molecule has 0 radical (unpaired) electrons. The summed E-state index contributed by atoms with van der Waals surface area (Å²) in [6.07, 6.45) is -0.378. The highest BCUT2D eigenvalue weighted by Crippen LogP contribution is 2.10. The average Bonchev–Trinajstić information content (AvgIpc) is 1.98. The van der Waals surface area contributed by atoms with Crippen molar-refractivity contribution in [2.24, 2.45) is 0 Å². The second-order valence-electron chi connectivity index (χ2n) is 4.78. The highest BCUT2D eigenvalue weighted by atomic mass is 16.6. The molecule has 0 aliphatic rings. The number of hydrogen-bond acceptors (Lipinski definition) is 4. The Bertz CT molecular complexity index is 211. The van der Waals surface area contributed by atoms with E-state index < -0.39 is 5.60 Å². The van der Waals surface area contributed by atoms with Crippen LogP contribution in [0.1, 0.15) is 27.7 Å². The number of nitrogens with zero attached hydrogens (tertiary/aromatic N) is 2. The maximum Gasteiger partial charge on any atom is 0.410 e. The zero-order valence-electron chi connectivity index (χ0n) is 10.4. The summed E-state index contributed by atoms with van der Waals surface area (Å²) in [6, 6.07) is -0.102. The van der Waals surface area contributed by atoms with Crippen LogP contribution in [0.25, 0.3) is 0 Å². The van der Waals surface area contributed by atoms with Gasteiger partial charge in [-0.25, -0.2) is 4.79 Å². The lowest BCUT2D eigenvalue weighted by Gasteiger charge is -2.29. The van der Waals surface area contributed by atoms with Crippen molar-refractivity contribution in [2.45, 2.75) is 39.3 Å². The average molecular weight is 218 g/mol. The number of ether oxygens (including phenoxy) is 1. The standard InChI is InChI=1S/C10H22N2O3/c1-8(7-11(5)14)12(6)9(13)15-10(2,3)4/h8,14H,7H2,1-6H3. The summed E-state index contributed by atoms with van der Waals surface area (Å²) in [5.41, 5.74) is -0.490. The van der Waals surface area contributed by atoms with Crippen molar-refractivity contribution in [3.63, 3.8) is 0 Å². The predicted molar refractivity (Wildman–Crippen MR) is 57.9 cm³/mol. The Balaban J connectivity index is 4.20. The van der Waals surface area contributed by atoms with Crippen LogP contribution >= 0.6 is 0 Å². The Morgan fingerprint density at radius 2 is 1.87 bits per heavy atom. The molecule has 15 heavy (non-hydrogen) atoms. The summed E-state index contributed by atoms with van der Waals surface area (Å²) in [5.74, 6) is 0. The molecule has 1 unspecified atom stereocenters. The predicted octanol–water partition coefficient (Wildman–Crippen LogP) is 1.56. The molecule has 0 fully saturated rings. The molecule has 0 aromatic rings. The second kappa shape index (κ2) is 5.32. The molecule has 5 heteroatoms. The van der Waals surface area contributed by atoms with E-state index >= 15 is 0 Å². The molecule has 0 aliphatic heterocycles.